The minimum atomic E-state index is -0.413. The fourth-order valence-electron chi connectivity index (χ4n) is 1.90. The van der Waals surface area contributed by atoms with Gasteiger partial charge in [-0.3, -0.25) is 4.79 Å². The number of rotatable bonds is 3. The van der Waals surface area contributed by atoms with E-state index in [2.05, 4.69) is 0 Å². The predicted octanol–water partition coefficient (Wildman–Crippen LogP) is 3.49. The molecule has 0 aliphatic heterocycles. The quantitative estimate of drug-likeness (QED) is 0.904. The molecule has 1 amide bonds. The van der Waals surface area contributed by atoms with Gasteiger partial charge >= 0.3 is 0 Å². The minimum absolute atomic E-state index is 0.188. The van der Waals surface area contributed by atoms with E-state index < -0.39 is 5.91 Å². The van der Waals surface area contributed by atoms with Gasteiger partial charge in [-0.25, -0.2) is 0 Å². The number of amides is 1. The van der Waals surface area contributed by atoms with Gasteiger partial charge < -0.3 is 10.3 Å². The number of halogens is 1. The van der Waals surface area contributed by atoms with E-state index in [-0.39, 0.29) is 6.04 Å². The smallest absolute Gasteiger partial charge is 0.265 e. The Kier molecular flexibility index (Phi) is 3.43. The van der Waals surface area contributed by atoms with Crippen LogP contribution in [0.1, 0.15) is 30.4 Å². The number of primary amides is 1. The van der Waals surface area contributed by atoms with Crippen molar-refractivity contribution in [3.8, 4) is 11.1 Å². The van der Waals surface area contributed by atoms with Gasteiger partial charge in [0.15, 0.2) is 0 Å². The van der Waals surface area contributed by atoms with Crippen molar-refractivity contribution in [3.05, 3.63) is 47.2 Å². The molecule has 4 heteroatoms. The molecule has 2 rings (SSSR count). The van der Waals surface area contributed by atoms with Crippen molar-refractivity contribution in [2.24, 2.45) is 5.73 Å². The van der Waals surface area contributed by atoms with Crippen LogP contribution < -0.4 is 5.73 Å². The molecule has 3 nitrogen and oxygen atoms in total. The van der Waals surface area contributed by atoms with Crippen molar-refractivity contribution in [3.63, 3.8) is 0 Å². The topological polar surface area (TPSA) is 48.0 Å². The highest BCUT2D eigenvalue weighted by molar-refractivity contribution is 6.30. The average Bonchev–Trinajstić information content (AvgIpc) is 2.75. The largest absolute Gasteiger partial charge is 0.364 e. The van der Waals surface area contributed by atoms with E-state index in [4.69, 9.17) is 17.3 Å². The van der Waals surface area contributed by atoms with Crippen LogP contribution >= 0.6 is 11.6 Å². The molecule has 2 N–H and O–H groups in total. The molecule has 1 aromatic heterocycles. The monoisotopic (exact) mass is 262 g/mol. The van der Waals surface area contributed by atoms with E-state index in [1.54, 1.807) is 0 Å². The normalized spacial score (nSPS) is 10.9. The number of nitrogens with two attached hydrogens (primary N) is 1. The molecule has 2 aromatic rings. The van der Waals surface area contributed by atoms with E-state index in [0.29, 0.717) is 10.7 Å². The number of benzene rings is 1. The Balaban J connectivity index is 2.49. The lowest BCUT2D eigenvalue weighted by Crippen LogP contribution is -2.17. The summed E-state index contributed by atoms with van der Waals surface area (Å²) in [6.45, 7) is 4.02. The maximum absolute atomic E-state index is 11.4. The number of hydrogen-bond acceptors (Lipinski definition) is 1. The molecule has 0 radical (unpaired) electrons. The van der Waals surface area contributed by atoms with Gasteiger partial charge in [0.1, 0.15) is 5.69 Å². The van der Waals surface area contributed by atoms with Gasteiger partial charge in [0, 0.05) is 22.8 Å². The summed E-state index contributed by atoms with van der Waals surface area (Å²) < 4.78 is 1.88. The van der Waals surface area contributed by atoms with E-state index in [1.807, 2.05) is 54.9 Å². The van der Waals surface area contributed by atoms with E-state index in [9.17, 15) is 4.79 Å². The van der Waals surface area contributed by atoms with Crippen molar-refractivity contribution < 1.29 is 4.79 Å². The molecular weight excluding hydrogens is 248 g/mol. The Bertz CT molecular complexity index is 570. The summed E-state index contributed by atoms with van der Waals surface area (Å²) in [4.78, 5) is 11.4. The molecule has 0 fully saturated rings. The fourth-order valence-corrected chi connectivity index (χ4v) is 2.03. The number of nitrogens with zero attached hydrogens (tertiary/aromatic N) is 1. The minimum Gasteiger partial charge on any atom is -0.364 e. The third-order valence-corrected chi connectivity index (χ3v) is 3.09. The van der Waals surface area contributed by atoms with Gasteiger partial charge in [-0.2, -0.15) is 0 Å². The SMILES string of the molecule is CC(C)n1cc(-c2ccc(Cl)cc2)cc1C(N)=O. The third kappa shape index (κ3) is 2.41. The molecule has 0 spiro atoms. The molecule has 0 bridgehead atoms. The first kappa shape index (κ1) is 12.7. The Morgan fingerprint density at radius 2 is 1.83 bits per heavy atom. The van der Waals surface area contributed by atoms with Gasteiger partial charge in [0.25, 0.3) is 5.91 Å². The van der Waals surface area contributed by atoms with Crippen molar-refractivity contribution in [2.45, 2.75) is 19.9 Å². The lowest BCUT2D eigenvalue weighted by molar-refractivity contribution is 0.0990. The van der Waals surface area contributed by atoms with Crippen LogP contribution in [0.15, 0.2) is 36.5 Å². The van der Waals surface area contributed by atoms with Gasteiger partial charge in [0.2, 0.25) is 0 Å². The molecule has 1 aromatic carbocycles. The lowest BCUT2D eigenvalue weighted by atomic mass is 10.1. The highest BCUT2D eigenvalue weighted by Gasteiger charge is 2.13. The van der Waals surface area contributed by atoms with Crippen LogP contribution in [0.4, 0.5) is 0 Å². The predicted molar refractivity (Wildman–Crippen MR) is 73.8 cm³/mol. The number of carbonyl (C=O) groups excluding carboxylic acids is 1. The number of hydrogen-bond donors (Lipinski definition) is 1. The summed E-state index contributed by atoms with van der Waals surface area (Å²) in [7, 11) is 0. The Morgan fingerprint density at radius 3 is 2.28 bits per heavy atom. The van der Waals surface area contributed by atoms with Gasteiger partial charge in [-0.15, -0.1) is 0 Å². The highest BCUT2D eigenvalue weighted by atomic mass is 35.5. The fraction of sp³-hybridized carbons (Fsp3) is 0.214. The summed E-state index contributed by atoms with van der Waals surface area (Å²) in [5, 5.41) is 0.692. The van der Waals surface area contributed by atoms with E-state index in [0.717, 1.165) is 11.1 Å². The molecule has 0 saturated carbocycles. The van der Waals surface area contributed by atoms with Crippen molar-refractivity contribution in [1.29, 1.82) is 0 Å². The zero-order chi connectivity index (χ0) is 13.3. The third-order valence-electron chi connectivity index (χ3n) is 2.83. The molecule has 0 saturated heterocycles. The second-order valence-electron chi connectivity index (χ2n) is 4.49. The van der Waals surface area contributed by atoms with Crippen LogP contribution in [-0.4, -0.2) is 10.5 Å². The molecule has 0 aliphatic rings. The molecule has 94 valence electrons. The molecule has 0 unspecified atom stereocenters. The van der Waals surface area contributed by atoms with Crippen LogP contribution in [0.5, 0.6) is 0 Å². The molecule has 18 heavy (non-hydrogen) atoms. The van der Waals surface area contributed by atoms with Crippen LogP contribution in [0.3, 0.4) is 0 Å². The summed E-state index contributed by atoms with van der Waals surface area (Å²) in [6, 6.07) is 9.50. The van der Waals surface area contributed by atoms with Crippen LogP contribution in [0, 0.1) is 0 Å². The van der Waals surface area contributed by atoms with Crippen LogP contribution in [0.25, 0.3) is 11.1 Å². The van der Waals surface area contributed by atoms with E-state index >= 15 is 0 Å². The average molecular weight is 263 g/mol. The van der Waals surface area contributed by atoms with Gasteiger partial charge in [-0.05, 0) is 37.6 Å². The first-order valence-electron chi connectivity index (χ1n) is 5.76. The first-order chi connectivity index (χ1) is 8.49. The second-order valence-corrected chi connectivity index (χ2v) is 4.92. The van der Waals surface area contributed by atoms with Gasteiger partial charge in [-0.1, -0.05) is 23.7 Å². The standard InChI is InChI=1S/C14H15ClN2O/c1-9(2)17-8-11(7-13(17)14(16)18)10-3-5-12(15)6-4-10/h3-9H,1-2H3,(H2,16,18). The molecule has 0 aliphatic carbocycles. The molecule has 1 heterocycles. The van der Waals surface area contributed by atoms with Crippen molar-refractivity contribution >= 4 is 17.5 Å². The number of carbonyl (C=O) groups is 1. The van der Waals surface area contributed by atoms with Crippen molar-refractivity contribution in [1.82, 2.24) is 4.57 Å². The van der Waals surface area contributed by atoms with Crippen LogP contribution in [-0.2, 0) is 0 Å². The Labute approximate surface area is 111 Å². The Hall–Kier alpha value is -1.74. The summed E-state index contributed by atoms with van der Waals surface area (Å²) >= 11 is 5.86. The molecule has 0 atom stereocenters. The number of aromatic nitrogens is 1. The maximum Gasteiger partial charge on any atom is 0.265 e. The van der Waals surface area contributed by atoms with Crippen LogP contribution in [0.2, 0.25) is 5.02 Å². The van der Waals surface area contributed by atoms with E-state index in [1.165, 1.54) is 0 Å². The lowest BCUT2D eigenvalue weighted by Gasteiger charge is -2.09. The van der Waals surface area contributed by atoms with Gasteiger partial charge in [0.05, 0.1) is 0 Å². The van der Waals surface area contributed by atoms with Crippen molar-refractivity contribution in [2.75, 3.05) is 0 Å². The first-order valence-corrected chi connectivity index (χ1v) is 6.14. The second kappa shape index (κ2) is 4.86. The zero-order valence-corrected chi connectivity index (χ0v) is 11.1. The summed E-state index contributed by atoms with van der Waals surface area (Å²) in [5.74, 6) is -0.413. The summed E-state index contributed by atoms with van der Waals surface area (Å²) in [5.41, 5.74) is 7.89. The highest BCUT2D eigenvalue weighted by Crippen LogP contribution is 2.25. The Morgan fingerprint density at radius 1 is 1.22 bits per heavy atom. The zero-order valence-electron chi connectivity index (χ0n) is 10.4. The summed E-state index contributed by atoms with van der Waals surface area (Å²) in [6.07, 6.45) is 1.94. The molecular formula is C14H15ClN2O. The maximum atomic E-state index is 11.4.